The van der Waals surface area contributed by atoms with E-state index >= 15 is 0 Å². The first-order valence-corrected chi connectivity index (χ1v) is 9.38. The highest BCUT2D eigenvalue weighted by molar-refractivity contribution is 5.73. The summed E-state index contributed by atoms with van der Waals surface area (Å²) < 4.78 is 5.57. The van der Waals surface area contributed by atoms with Crippen LogP contribution in [0.5, 0.6) is 5.75 Å². The van der Waals surface area contributed by atoms with Gasteiger partial charge in [-0.2, -0.15) is 0 Å². The largest absolute Gasteiger partial charge is 0.494 e. The summed E-state index contributed by atoms with van der Waals surface area (Å²) in [4.78, 5) is 14.1. The molecule has 2 aromatic rings. The van der Waals surface area contributed by atoms with E-state index in [1.807, 2.05) is 31.2 Å². The fraction of sp³-hybridized carbons (Fsp3) is 0.409. The van der Waals surface area contributed by atoms with Gasteiger partial charge in [-0.3, -0.25) is 9.69 Å². The average molecular weight is 353 g/mol. The zero-order chi connectivity index (χ0) is 18.5. The average Bonchev–Trinajstić information content (AvgIpc) is 2.65. The van der Waals surface area contributed by atoms with E-state index in [1.165, 1.54) is 11.1 Å². The molecule has 2 aromatic carbocycles. The Kier molecular flexibility index (Phi) is 5.94. The summed E-state index contributed by atoms with van der Waals surface area (Å²) in [6, 6.07) is 15.8. The number of hydrogen-bond donors (Lipinski definition) is 1. The Balaban J connectivity index is 2.04. The maximum Gasteiger partial charge on any atom is 0.320 e. The first-order valence-electron chi connectivity index (χ1n) is 9.38. The van der Waals surface area contributed by atoms with Gasteiger partial charge in [0, 0.05) is 0 Å². The quantitative estimate of drug-likeness (QED) is 0.835. The predicted molar refractivity (Wildman–Crippen MR) is 103 cm³/mol. The number of ether oxygens (including phenoxy) is 1. The smallest absolute Gasteiger partial charge is 0.320 e. The highest BCUT2D eigenvalue weighted by atomic mass is 16.5. The van der Waals surface area contributed by atoms with Gasteiger partial charge in [0.05, 0.1) is 12.6 Å². The lowest BCUT2D eigenvalue weighted by Crippen LogP contribution is -2.47. The molecule has 26 heavy (non-hydrogen) atoms. The van der Waals surface area contributed by atoms with Gasteiger partial charge in [0.15, 0.2) is 0 Å². The SMILES string of the molecule is CCOc1ccc(C(c2ccccc2C)N2CCCCC2C(=O)O)cc1. The molecule has 138 valence electrons. The van der Waals surface area contributed by atoms with Crippen LogP contribution in [0.15, 0.2) is 48.5 Å². The number of aryl methyl sites for hydroxylation is 1. The zero-order valence-electron chi connectivity index (χ0n) is 15.5. The first kappa shape index (κ1) is 18.5. The van der Waals surface area contributed by atoms with E-state index in [0.717, 1.165) is 30.7 Å². The molecule has 1 aliphatic rings. The fourth-order valence-electron chi connectivity index (χ4n) is 3.88. The number of rotatable bonds is 6. The van der Waals surface area contributed by atoms with Crippen molar-refractivity contribution in [3.8, 4) is 5.75 Å². The van der Waals surface area contributed by atoms with Crippen LogP contribution in [-0.4, -0.2) is 35.2 Å². The van der Waals surface area contributed by atoms with Gasteiger partial charge in [-0.15, -0.1) is 0 Å². The Morgan fingerprint density at radius 3 is 2.58 bits per heavy atom. The molecule has 1 heterocycles. The summed E-state index contributed by atoms with van der Waals surface area (Å²) >= 11 is 0. The first-order chi connectivity index (χ1) is 12.6. The van der Waals surface area contributed by atoms with Gasteiger partial charge in [-0.05, 0) is 62.1 Å². The topological polar surface area (TPSA) is 49.8 Å². The van der Waals surface area contributed by atoms with Crippen molar-refractivity contribution in [1.82, 2.24) is 4.90 Å². The molecule has 1 aliphatic heterocycles. The van der Waals surface area contributed by atoms with E-state index < -0.39 is 12.0 Å². The lowest BCUT2D eigenvalue weighted by Gasteiger charge is -2.40. The molecule has 0 amide bonds. The van der Waals surface area contributed by atoms with Crippen LogP contribution >= 0.6 is 0 Å². The van der Waals surface area contributed by atoms with Gasteiger partial charge in [0.2, 0.25) is 0 Å². The maximum atomic E-state index is 11.9. The summed E-state index contributed by atoms with van der Waals surface area (Å²) in [5.41, 5.74) is 3.46. The number of hydrogen-bond acceptors (Lipinski definition) is 3. The maximum absolute atomic E-state index is 11.9. The van der Waals surface area contributed by atoms with Crippen LogP contribution in [0.2, 0.25) is 0 Å². The van der Waals surface area contributed by atoms with Crippen molar-refractivity contribution in [2.45, 2.75) is 45.2 Å². The number of benzene rings is 2. The Bertz CT molecular complexity index is 741. The molecule has 0 spiro atoms. The third-order valence-corrected chi connectivity index (χ3v) is 5.15. The van der Waals surface area contributed by atoms with Crippen LogP contribution in [0.3, 0.4) is 0 Å². The van der Waals surface area contributed by atoms with Gasteiger partial charge in [0.1, 0.15) is 11.8 Å². The van der Waals surface area contributed by atoms with Crippen molar-refractivity contribution < 1.29 is 14.6 Å². The molecule has 3 rings (SSSR count). The summed E-state index contributed by atoms with van der Waals surface area (Å²) in [6.07, 6.45) is 2.70. The molecule has 0 aliphatic carbocycles. The molecule has 0 aromatic heterocycles. The van der Waals surface area contributed by atoms with E-state index in [9.17, 15) is 9.90 Å². The number of carbonyl (C=O) groups is 1. The van der Waals surface area contributed by atoms with E-state index in [-0.39, 0.29) is 6.04 Å². The predicted octanol–water partition coefficient (Wildman–Crippen LogP) is 4.42. The number of likely N-dealkylation sites (tertiary alicyclic amines) is 1. The Labute approximate surface area is 155 Å². The number of carboxylic acids is 1. The molecule has 0 bridgehead atoms. The van der Waals surface area contributed by atoms with Crippen molar-refractivity contribution in [3.63, 3.8) is 0 Å². The third-order valence-electron chi connectivity index (χ3n) is 5.15. The summed E-state index contributed by atoms with van der Waals surface area (Å²) in [5, 5.41) is 9.77. The minimum atomic E-state index is -0.728. The molecular formula is C22H27NO3. The van der Waals surface area contributed by atoms with Gasteiger partial charge in [-0.1, -0.05) is 42.8 Å². The number of nitrogens with zero attached hydrogens (tertiary/aromatic N) is 1. The lowest BCUT2D eigenvalue weighted by molar-refractivity contribution is -0.145. The van der Waals surface area contributed by atoms with Crippen LogP contribution in [-0.2, 0) is 4.79 Å². The molecule has 0 saturated carbocycles. The van der Waals surface area contributed by atoms with Gasteiger partial charge >= 0.3 is 5.97 Å². The molecule has 2 atom stereocenters. The summed E-state index contributed by atoms with van der Waals surface area (Å²) in [7, 11) is 0. The van der Waals surface area contributed by atoms with Crippen molar-refractivity contribution in [2.24, 2.45) is 0 Å². The third kappa shape index (κ3) is 3.91. The molecule has 2 unspecified atom stereocenters. The zero-order valence-corrected chi connectivity index (χ0v) is 15.5. The molecule has 1 saturated heterocycles. The molecule has 1 N–H and O–H groups in total. The standard InChI is InChI=1S/C22H27NO3/c1-3-26-18-13-11-17(12-14-18)21(19-9-5-4-8-16(19)2)23-15-7-6-10-20(23)22(24)25/h4-5,8-9,11-14,20-21H,3,6-7,10,15H2,1-2H3,(H,24,25). The number of aliphatic carboxylic acids is 1. The van der Waals surface area contributed by atoms with Gasteiger partial charge in [0.25, 0.3) is 0 Å². The van der Waals surface area contributed by atoms with E-state index in [0.29, 0.717) is 13.0 Å². The van der Waals surface area contributed by atoms with Crippen LogP contribution in [0.4, 0.5) is 0 Å². The fourth-order valence-corrected chi connectivity index (χ4v) is 3.88. The summed E-state index contributed by atoms with van der Waals surface area (Å²) in [6.45, 7) is 5.49. The Hall–Kier alpha value is -2.33. The second-order valence-electron chi connectivity index (χ2n) is 6.85. The minimum absolute atomic E-state index is 0.0618. The summed E-state index contributed by atoms with van der Waals surface area (Å²) in [5.74, 6) is 0.113. The molecule has 4 nitrogen and oxygen atoms in total. The lowest BCUT2D eigenvalue weighted by atomic mass is 9.89. The van der Waals surface area contributed by atoms with E-state index in [4.69, 9.17) is 4.74 Å². The van der Waals surface area contributed by atoms with Crippen LogP contribution < -0.4 is 4.74 Å². The highest BCUT2D eigenvalue weighted by Gasteiger charge is 2.35. The molecule has 4 heteroatoms. The van der Waals surface area contributed by atoms with Crippen LogP contribution in [0, 0.1) is 6.92 Å². The second-order valence-corrected chi connectivity index (χ2v) is 6.85. The monoisotopic (exact) mass is 353 g/mol. The van der Waals surface area contributed by atoms with Crippen molar-refractivity contribution in [3.05, 3.63) is 65.2 Å². The Morgan fingerprint density at radius 2 is 1.92 bits per heavy atom. The van der Waals surface area contributed by atoms with Crippen molar-refractivity contribution in [1.29, 1.82) is 0 Å². The highest BCUT2D eigenvalue weighted by Crippen LogP contribution is 2.36. The van der Waals surface area contributed by atoms with Crippen molar-refractivity contribution >= 4 is 5.97 Å². The normalized spacial score (nSPS) is 19.1. The number of carboxylic acid groups (broad SMARTS) is 1. The molecular weight excluding hydrogens is 326 g/mol. The molecule has 0 radical (unpaired) electrons. The van der Waals surface area contributed by atoms with Crippen LogP contribution in [0.1, 0.15) is 48.9 Å². The van der Waals surface area contributed by atoms with E-state index in [1.54, 1.807) is 0 Å². The van der Waals surface area contributed by atoms with E-state index in [2.05, 4.69) is 36.1 Å². The second kappa shape index (κ2) is 8.37. The van der Waals surface area contributed by atoms with Crippen molar-refractivity contribution in [2.75, 3.05) is 13.2 Å². The number of piperidine rings is 1. The molecule has 1 fully saturated rings. The van der Waals surface area contributed by atoms with Crippen LogP contribution in [0.25, 0.3) is 0 Å². The minimum Gasteiger partial charge on any atom is -0.494 e. The van der Waals surface area contributed by atoms with Gasteiger partial charge < -0.3 is 9.84 Å². The van der Waals surface area contributed by atoms with Gasteiger partial charge in [-0.25, -0.2) is 0 Å². The Morgan fingerprint density at radius 1 is 1.19 bits per heavy atom.